The molecule has 1 heterocycles. The summed E-state index contributed by atoms with van der Waals surface area (Å²) >= 11 is 3.79. The van der Waals surface area contributed by atoms with E-state index in [9.17, 15) is 5.11 Å². The first-order valence-electron chi connectivity index (χ1n) is 5.98. The van der Waals surface area contributed by atoms with E-state index >= 15 is 0 Å². The van der Waals surface area contributed by atoms with E-state index in [0.29, 0.717) is 22.7 Å². The van der Waals surface area contributed by atoms with Gasteiger partial charge >= 0.3 is 0 Å². The van der Waals surface area contributed by atoms with Crippen molar-refractivity contribution >= 4 is 23.5 Å². The summed E-state index contributed by atoms with van der Waals surface area (Å²) in [7, 11) is 0. The number of thioether (sulfide) groups is 2. The first-order chi connectivity index (χ1) is 7.51. The highest BCUT2D eigenvalue weighted by Gasteiger charge is 2.34. The lowest BCUT2D eigenvalue weighted by Gasteiger charge is -2.41. The lowest BCUT2D eigenvalue weighted by atomic mass is 9.82. The van der Waals surface area contributed by atoms with Crippen LogP contribution in [0.2, 0.25) is 0 Å². The van der Waals surface area contributed by atoms with Crippen LogP contribution in [-0.2, 0) is 0 Å². The van der Waals surface area contributed by atoms with E-state index in [2.05, 4.69) is 32.3 Å². The smallest absolute Gasteiger partial charge is 0.0564 e. The molecule has 16 heavy (non-hydrogen) atoms. The Balaban J connectivity index is 2.51. The van der Waals surface area contributed by atoms with E-state index in [1.807, 2.05) is 11.8 Å². The number of hydrogen-bond acceptors (Lipinski definition) is 4. The molecule has 0 aromatic carbocycles. The highest BCUT2D eigenvalue weighted by atomic mass is 32.2. The van der Waals surface area contributed by atoms with Crippen LogP contribution in [0, 0.1) is 5.41 Å². The predicted octanol–water partition coefficient (Wildman–Crippen LogP) is 2.22. The van der Waals surface area contributed by atoms with Gasteiger partial charge in [-0.05, 0) is 30.8 Å². The van der Waals surface area contributed by atoms with E-state index in [1.54, 1.807) is 11.8 Å². The summed E-state index contributed by atoms with van der Waals surface area (Å²) in [4.78, 5) is 0. The minimum atomic E-state index is 0.260. The van der Waals surface area contributed by atoms with Crippen molar-refractivity contribution in [2.75, 3.05) is 24.4 Å². The number of nitrogens with one attached hydrogen (secondary N) is 1. The maximum Gasteiger partial charge on any atom is 0.0564 e. The minimum absolute atomic E-state index is 0.260. The van der Waals surface area contributed by atoms with Crippen LogP contribution in [0.4, 0.5) is 0 Å². The zero-order valence-electron chi connectivity index (χ0n) is 10.8. The van der Waals surface area contributed by atoms with Crippen molar-refractivity contribution in [3.8, 4) is 0 Å². The second-order valence-corrected chi connectivity index (χ2v) is 7.50. The third-order valence-electron chi connectivity index (χ3n) is 3.62. The second kappa shape index (κ2) is 6.53. The van der Waals surface area contributed by atoms with Crippen molar-refractivity contribution in [1.82, 2.24) is 5.32 Å². The van der Waals surface area contributed by atoms with E-state index in [-0.39, 0.29) is 6.61 Å². The predicted molar refractivity (Wildman–Crippen MR) is 76.5 cm³/mol. The SMILES string of the molecule is CSC(CO)C(C)NC1CSCCC1(C)C. The second-order valence-electron chi connectivity index (χ2n) is 5.28. The van der Waals surface area contributed by atoms with Gasteiger partial charge in [0, 0.05) is 23.1 Å². The fourth-order valence-electron chi connectivity index (χ4n) is 2.07. The maximum atomic E-state index is 9.29. The van der Waals surface area contributed by atoms with Gasteiger partial charge in [-0.3, -0.25) is 0 Å². The van der Waals surface area contributed by atoms with Crippen LogP contribution in [-0.4, -0.2) is 46.8 Å². The van der Waals surface area contributed by atoms with Gasteiger partial charge in [-0.25, -0.2) is 0 Å². The summed E-state index contributed by atoms with van der Waals surface area (Å²) in [5.41, 5.74) is 0.387. The van der Waals surface area contributed by atoms with Crippen molar-refractivity contribution in [2.45, 2.75) is 44.5 Å². The Morgan fingerprint density at radius 1 is 1.56 bits per heavy atom. The molecule has 1 aliphatic rings. The Hall–Kier alpha value is 0.620. The highest BCUT2D eigenvalue weighted by Crippen LogP contribution is 2.34. The molecular weight excluding hydrogens is 238 g/mol. The van der Waals surface area contributed by atoms with Gasteiger partial charge in [0.1, 0.15) is 0 Å². The molecule has 3 atom stereocenters. The average molecular weight is 263 g/mol. The van der Waals surface area contributed by atoms with Crippen molar-refractivity contribution in [3.63, 3.8) is 0 Å². The first-order valence-corrected chi connectivity index (χ1v) is 8.43. The van der Waals surface area contributed by atoms with Crippen molar-refractivity contribution in [1.29, 1.82) is 0 Å². The van der Waals surface area contributed by atoms with Crippen LogP contribution in [0.1, 0.15) is 27.2 Å². The summed E-state index contributed by atoms with van der Waals surface area (Å²) in [5, 5.41) is 13.3. The molecule has 2 N–H and O–H groups in total. The molecule has 0 amide bonds. The molecule has 0 aliphatic carbocycles. The van der Waals surface area contributed by atoms with Crippen molar-refractivity contribution in [2.24, 2.45) is 5.41 Å². The molecule has 0 saturated carbocycles. The summed E-state index contributed by atoms with van der Waals surface area (Å²) in [6, 6.07) is 0.949. The van der Waals surface area contributed by atoms with Crippen LogP contribution in [0.5, 0.6) is 0 Å². The Bertz CT molecular complexity index is 207. The summed E-state index contributed by atoms with van der Waals surface area (Å²) < 4.78 is 0. The molecular formula is C12H25NOS2. The van der Waals surface area contributed by atoms with Crippen LogP contribution in [0.25, 0.3) is 0 Å². The normalized spacial score (nSPS) is 28.7. The molecule has 0 spiro atoms. The van der Waals surface area contributed by atoms with Gasteiger partial charge < -0.3 is 10.4 Å². The van der Waals surface area contributed by atoms with Crippen molar-refractivity contribution < 1.29 is 5.11 Å². The zero-order valence-corrected chi connectivity index (χ0v) is 12.5. The van der Waals surface area contributed by atoms with Gasteiger partial charge in [0.25, 0.3) is 0 Å². The zero-order chi connectivity index (χ0) is 12.2. The Labute approximate surface area is 108 Å². The van der Waals surface area contributed by atoms with Gasteiger partial charge in [-0.15, -0.1) is 0 Å². The van der Waals surface area contributed by atoms with Gasteiger partial charge in [0.15, 0.2) is 0 Å². The van der Waals surface area contributed by atoms with Gasteiger partial charge in [0.05, 0.1) is 6.61 Å². The molecule has 0 aromatic heterocycles. The molecule has 1 aliphatic heterocycles. The molecule has 1 fully saturated rings. The number of rotatable bonds is 5. The monoisotopic (exact) mass is 263 g/mol. The van der Waals surface area contributed by atoms with Gasteiger partial charge in [0.2, 0.25) is 0 Å². The largest absolute Gasteiger partial charge is 0.395 e. The van der Waals surface area contributed by atoms with E-state index in [4.69, 9.17) is 0 Å². The van der Waals surface area contributed by atoms with E-state index in [0.717, 1.165) is 0 Å². The summed E-state index contributed by atoms with van der Waals surface area (Å²) in [5.74, 6) is 2.48. The topological polar surface area (TPSA) is 32.3 Å². The lowest BCUT2D eigenvalue weighted by Crippen LogP contribution is -2.52. The molecule has 1 rings (SSSR count). The molecule has 3 unspecified atom stereocenters. The molecule has 1 saturated heterocycles. The Morgan fingerprint density at radius 3 is 2.75 bits per heavy atom. The molecule has 0 bridgehead atoms. The average Bonchev–Trinajstić information content (AvgIpc) is 2.23. The number of hydrogen-bond donors (Lipinski definition) is 2. The van der Waals surface area contributed by atoms with Crippen LogP contribution < -0.4 is 5.32 Å². The van der Waals surface area contributed by atoms with Gasteiger partial charge in [-0.2, -0.15) is 23.5 Å². The molecule has 4 heteroatoms. The number of aliphatic hydroxyl groups is 1. The Morgan fingerprint density at radius 2 is 2.25 bits per heavy atom. The standard InChI is InChI=1S/C12H25NOS2/c1-9(10(7-14)15-4)13-11-8-16-6-5-12(11,2)3/h9-11,13-14H,5-8H2,1-4H3. The van der Waals surface area contributed by atoms with Crippen LogP contribution in [0.15, 0.2) is 0 Å². The minimum Gasteiger partial charge on any atom is -0.395 e. The molecule has 2 nitrogen and oxygen atoms in total. The van der Waals surface area contributed by atoms with Crippen LogP contribution >= 0.6 is 23.5 Å². The van der Waals surface area contributed by atoms with E-state index < -0.39 is 0 Å². The first kappa shape index (κ1) is 14.7. The fraction of sp³-hybridized carbons (Fsp3) is 1.00. The quantitative estimate of drug-likeness (QED) is 0.797. The molecule has 0 aromatic rings. The maximum absolute atomic E-state index is 9.29. The fourth-order valence-corrected chi connectivity index (χ4v) is 4.33. The van der Waals surface area contributed by atoms with Crippen LogP contribution in [0.3, 0.4) is 0 Å². The summed E-state index contributed by atoms with van der Waals surface area (Å²) in [6.45, 7) is 7.15. The summed E-state index contributed by atoms with van der Waals surface area (Å²) in [6.07, 6.45) is 3.35. The third kappa shape index (κ3) is 3.83. The highest BCUT2D eigenvalue weighted by molar-refractivity contribution is 7.99. The van der Waals surface area contributed by atoms with Crippen molar-refractivity contribution in [3.05, 3.63) is 0 Å². The van der Waals surface area contributed by atoms with E-state index in [1.165, 1.54) is 17.9 Å². The molecule has 0 radical (unpaired) electrons. The molecule has 96 valence electrons. The van der Waals surface area contributed by atoms with Gasteiger partial charge in [-0.1, -0.05) is 13.8 Å². The Kier molecular flexibility index (Phi) is 5.99. The lowest BCUT2D eigenvalue weighted by molar-refractivity contribution is 0.213. The third-order valence-corrected chi connectivity index (χ3v) is 5.85. The number of aliphatic hydroxyl groups excluding tert-OH is 1.